The van der Waals surface area contributed by atoms with Crippen LogP contribution in [-0.4, -0.2) is 29.9 Å². The number of methoxy groups -OCH3 is 1. The molecule has 0 aromatic heterocycles. The quantitative estimate of drug-likeness (QED) is 0.834. The summed E-state index contributed by atoms with van der Waals surface area (Å²) in [5, 5.41) is 19.8. The molecule has 2 N–H and O–H groups in total. The highest BCUT2D eigenvalue weighted by Gasteiger charge is 2.32. The van der Waals surface area contributed by atoms with Crippen LogP contribution >= 0.6 is 0 Å². The molecule has 0 aliphatic heterocycles. The normalized spacial score (nSPS) is 21.6. The highest BCUT2D eigenvalue weighted by molar-refractivity contribution is 5.90. The number of phenolic OH excluding ortho intramolecular Hbond substituents is 1. The van der Waals surface area contributed by atoms with Crippen molar-refractivity contribution in [3.8, 4) is 5.75 Å². The van der Waals surface area contributed by atoms with Gasteiger partial charge in [0.05, 0.1) is 19.3 Å². The van der Waals surface area contributed by atoms with Crippen molar-refractivity contribution in [3.05, 3.63) is 28.8 Å². The molecular formula is C16H22O4. The van der Waals surface area contributed by atoms with Crippen molar-refractivity contribution in [1.29, 1.82) is 0 Å². The maximum Gasteiger partial charge on any atom is 0.337 e. The molecule has 0 amide bonds. The minimum absolute atomic E-state index is 0.0168. The Bertz CT molecular complexity index is 507. The van der Waals surface area contributed by atoms with E-state index in [4.69, 9.17) is 4.74 Å². The summed E-state index contributed by atoms with van der Waals surface area (Å²) in [6.45, 7) is 4.29. The predicted octanol–water partition coefficient (Wildman–Crippen LogP) is 2.79. The van der Waals surface area contributed by atoms with Crippen LogP contribution in [0.15, 0.2) is 12.1 Å². The lowest BCUT2D eigenvalue weighted by atomic mass is 9.72. The number of aliphatic hydroxyl groups excluding tert-OH is 1. The second-order valence-corrected chi connectivity index (χ2v) is 5.80. The van der Waals surface area contributed by atoms with E-state index < -0.39 is 5.97 Å². The topological polar surface area (TPSA) is 66.8 Å². The van der Waals surface area contributed by atoms with Gasteiger partial charge in [-0.15, -0.1) is 0 Å². The number of fused-ring (bicyclic) bond motifs is 1. The zero-order valence-corrected chi connectivity index (χ0v) is 12.2. The maximum absolute atomic E-state index is 11.7. The van der Waals surface area contributed by atoms with Gasteiger partial charge in [0.25, 0.3) is 0 Å². The molecule has 20 heavy (non-hydrogen) atoms. The van der Waals surface area contributed by atoms with E-state index in [9.17, 15) is 15.0 Å². The van der Waals surface area contributed by atoms with Crippen LogP contribution in [0.2, 0.25) is 0 Å². The van der Waals surface area contributed by atoms with Crippen molar-refractivity contribution in [2.75, 3.05) is 13.7 Å². The van der Waals surface area contributed by atoms with E-state index in [-0.39, 0.29) is 18.3 Å². The Morgan fingerprint density at radius 3 is 2.65 bits per heavy atom. The first-order valence-electron chi connectivity index (χ1n) is 7.05. The second kappa shape index (κ2) is 5.83. The average molecular weight is 278 g/mol. The van der Waals surface area contributed by atoms with E-state index in [2.05, 4.69) is 13.8 Å². The molecule has 2 rings (SSSR count). The zero-order chi connectivity index (χ0) is 14.9. The number of hydrogen-bond donors (Lipinski definition) is 2. The molecule has 4 nitrogen and oxygen atoms in total. The summed E-state index contributed by atoms with van der Waals surface area (Å²) in [5.41, 5.74) is 2.14. The van der Waals surface area contributed by atoms with E-state index >= 15 is 0 Å². The van der Waals surface area contributed by atoms with E-state index in [0.717, 1.165) is 24.0 Å². The first-order chi connectivity index (χ1) is 9.49. The van der Waals surface area contributed by atoms with Gasteiger partial charge in [0.1, 0.15) is 5.75 Å². The predicted molar refractivity (Wildman–Crippen MR) is 76.1 cm³/mol. The molecule has 4 heteroatoms. The van der Waals surface area contributed by atoms with Gasteiger partial charge < -0.3 is 14.9 Å². The van der Waals surface area contributed by atoms with Gasteiger partial charge in [-0.3, -0.25) is 0 Å². The Labute approximate surface area is 119 Å². The summed E-state index contributed by atoms with van der Waals surface area (Å²) >= 11 is 0. The lowest BCUT2D eigenvalue weighted by Crippen LogP contribution is -2.21. The molecule has 0 saturated heterocycles. The molecule has 0 spiro atoms. The maximum atomic E-state index is 11.7. The third-order valence-corrected chi connectivity index (χ3v) is 4.27. The standard InChI is InChI=1S/C16H22O4/c1-9(2)12-5-4-10(8-17)15-13(12)6-11(7-14(15)18)16(19)20-3/h6-7,9-10,12,17-18H,4-5,8H2,1-3H3/t10-,12+/m0/s1. The van der Waals surface area contributed by atoms with Gasteiger partial charge in [0.2, 0.25) is 0 Å². The SMILES string of the molecule is COC(=O)c1cc(O)c2c(c1)[C@@H](C(C)C)CC[C@H]2CO. The van der Waals surface area contributed by atoms with Crippen molar-refractivity contribution >= 4 is 5.97 Å². The summed E-state index contributed by atoms with van der Waals surface area (Å²) in [6, 6.07) is 3.25. The molecule has 110 valence electrons. The van der Waals surface area contributed by atoms with Crippen LogP contribution in [0.3, 0.4) is 0 Å². The van der Waals surface area contributed by atoms with Crippen LogP contribution < -0.4 is 0 Å². The third kappa shape index (κ3) is 2.52. The summed E-state index contributed by atoms with van der Waals surface area (Å²) in [6.07, 6.45) is 1.82. The lowest BCUT2D eigenvalue weighted by Gasteiger charge is -2.33. The van der Waals surface area contributed by atoms with Crippen molar-refractivity contribution in [2.24, 2.45) is 5.92 Å². The zero-order valence-electron chi connectivity index (χ0n) is 12.2. The number of hydrogen-bond acceptors (Lipinski definition) is 4. The van der Waals surface area contributed by atoms with E-state index in [0.29, 0.717) is 17.4 Å². The molecule has 1 aliphatic rings. The van der Waals surface area contributed by atoms with Gasteiger partial charge in [-0.2, -0.15) is 0 Å². The fourth-order valence-electron chi connectivity index (χ4n) is 3.20. The third-order valence-electron chi connectivity index (χ3n) is 4.27. The number of aromatic hydroxyl groups is 1. The molecule has 0 heterocycles. The lowest BCUT2D eigenvalue weighted by molar-refractivity contribution is 0.0600. The molecular weight excluding hydrogens is 256 g/mol. The molecule has 0 radical (unpaired) electrons. The van der Waals surface area contributed by atoms with Crippen molar-refractivity contribution in [1.82, 2.24) is 0 Å². The van der Waals surface area contributed by atoms with E-state index in [1.54, 1.807) is 0 Å². The molecule has 1 aromatic rings. The van der Waals surface area contributed by atoms with Gasteiger partial charge in [-0.25, -0.2) is 4.79 Å². The molecule has 1 aliphatic carbocycles. The van der Waals surface area contributed by atoms with Crippen molar-refractivity contribution in [2.45, 2.75) is 38.5 Å². The molecule has 2 atom stereocenters. The second-order valence-electron chi connectivity index (χ2n) is 5.80. The molecule has 0 unspecified atom stereocenters. The van der Waals surface area contributed by atoms with Crippen LogP contribution in [-0.2, 0) is 4.74 Å². The number of carbonyl (C=O) groups is 1. The number of ether oxygens (including phenoxy) is 1. The first-order valence-corrected chi connectivity index (χ1v) is 7.05. The summed E-state index contributed by atoms with van der Waals surface area (Å²) in [4.78, 5) is 11.7. The van der Waals surface area contributed by atoms with Gasteiger partial charge in [-0.1, -0.05) is 13.8 Å². The molecule has 0 saturated carbocycles. The van der Waals surface area contributed by atoms with E-state index in [1.807, 2.05) is 6.07 Å². The van der Waals surface area contributed by atoms with Crippen LogP contribution in [0.4, 0.5) is 0 Å². The molecule has 1 aromatic carbocycles. The number of phenols is 1. The monoisotopic (exact) mass is 278 g/mol. The highest BCUT2D eigenvalue weighted by atomic mass is 16.5. The van der Waals surface area contributed by atoms with Gasteiger partial charge in [-0.05, 0) is 42.4 Å². The number of rotatable bonds is 3. The number of benzene rings is 1. The van der Waals surface area contributed by atoms with Crippen molar-refractivity contribution < 1.29 is 19.7 Å². The Balaban J connectivity index is 2.57. The van der Waals surface area contributed by atoms with Gasteiger partial charge in [0.15, 0.2) is 0 Å². The summed E-state index contributed by atoms with van der Waals surface area (Å²) < 4.78 is 4.73. The largest absolute Gasteiger partial charge is 0.508 e. The van der Waals surface area contributed by atoms with Crippen LogP contribution in [0, 0.1) is 5.92 Å². The number of carbonyl (C=O) groups excluding carboxylic acids is 1. The first kappa shape index (κ1) is 14.9. The fourth-order valence-corrected chi connectivity index (χ4v) is 3.20. The Hall–Kier alpha value is -1.55. The fraction of sp³-hybridized carbons (Fsp3) is 0.562. The minimum atomic E-state index is -0.447. The van der Waals surface area contributed by atoms with E-state index in [1.165, 1.54) is 13.2 Å². The van der Waals surface area contributed by atoms with Crippen LogP contribution in [0.5, 0.6) is 5.75 Å². The average Bonchev–Trinajstić information content (AvgIpc) is 2.44. The number of aliphatic hydroxyl groups is 1. The summed E-state index contributed by atoms with van der Waals surface area (Å²) in [7, 11) is 1.33. The highest BCUT2D eigenvalue weighted by Crippen LogP contribution is 2.46. The summed E-state index contributed by atoms with van der Waals surface area (Å²) in [5.74, 6) is 0.305. The van der Waals surface area contributed by atoms with Crippen LogP contribution in [0.25, 0.3) is 0 Å². The number of esters is 1. The molecule has 0 bridgehead atoms. The molecule has 0 fully saturated rings. The Morgan fingerprint density at radius 1 is 1.40 bits per heavy atom. The Morgan fingerprint density at radius 2 is 2.10 bits per heavy atom. The van der Waals surface area contributed by atoms with Crippen molar-refractivity contribution in [3.63, 3.8) is 0 Å². The van der Waals surface area contributed by atoms with Crippen LogP contribution in [0.1, 0.15) is 60.0 Å². The minimum Gasteiger partial charge on any atom is -0.508 e. The van der Waals surface area contributed by atoms with Gasteiger partial charge in [0, 0.05) is 11.5 Å². The smallest absolute Gasteiger partial charge is 0.337 e. The van der Waals surface area contributed by atoms with Gasteiger partial charge >= 0.3 is 5.97 Å². The Kier molecular flexibility index (Phi) is 4.33.